The normalized spacial score (nSPS) is 11.5. The third-order valence-electron chi connectivity index (χ3n) is 3.02. The van der Waals surface area contributed by atoms with Crippen molar-refractivity contribution in [1.82, 2.24) is 0 Å². The lowest BCUT2D eigenvalue weighted by Crippen LogP contribution is -2.13. The molecule has 2 aromatic rings. The molecule has 5 heteroatoms. The van der Waals surface area contributed by atoms with Gasteiger partial charge in [-0.15, -0.1) is 0 Å². The third-order valence-corrected chi connectivity index (χ3v) is 3.02. The molecule has 0 aromatic heterocycles. The van der Waals surface area contributed by atoms with Gasteiger partial charge in [0.2, 0.25) is 0 Å². The molecule has 0 aliphatic carbocycles. The summed E-state index contributed by atoms with van der Waals surface area (Å²) in [5.74, 6) is -3.05. The minimum Gasteiger partial charge on any atom is -0.497 e. The van der Waals surface area contributed by atoms with Crippen LogP contribution in [0.15, 0.2) is 42.5 Å². The van der Waals surface area contributed by atoms with Gasteiger partial charge in [0, 0.05) is 6.07 Å². The molecule has 0 heterocycles. The van der Waals surface area contributed by atoms with E-state index in [9.17, 15) is 13.6 Å². The molecule has 106 valence electrons. The summed E-state index contributed by atoms with van der Waals surface area (Å²) < 4.78 is 31.9. The highest BCUT2D eigenvalue weighted by atomic mass is 19.1. The van der Waals surface area contributed by atoms with Crippen LogP contribution in [0.4, 0.5) is 8.78 Å². The fraction of sp³-hybridized carbons (Fsp3) is 0.125. The van der Waals surface area contributed by atoms with Crippen LogP contribution in [0.25, 0.3) is 0 Å². The zero-order valence-corrected chi connectivity index (χ0v) is 11.1. The van der Waals surface area contributed by atoms with E-state index in [0.29, 0.717) is 0 Å². The van der Waals surface area contributed by atoms with Gasteiger partial charge >= 0.3 is 0 Å². The number of halogens is 2. The van der Waals surface area contributed by atoms with Crippen molar-refractivity contribution in [2.45, 2.75) is 5.92 Å². The lowest BCUT2D eigenvalue weighted by atomic mass is 9.91. The van der Waals surface area contributed by atoms with Crippen LogP contribution < -0.4 is 4.74 Å². The smallest absolute Gasteiger partial charge is 0.187 e. The van der Waals surface area contributed by atoms with E-state index in [0.717, 1.165) is 12.1 Å². The number of carbonyl (C=O) groups is 1. The molecule has 0 saturated heterocycles. The van der Waals surface area contributed by atoms with Crippen molar-refractivity contribution in [3.05, 3.63) is 65.2 Å². The minimum atomic E-state index is -1.26. The largest absolute Gasteiger partial charge is 0.497 e. The van der Waals surface area contributed by atoms with Gasteiger partial charge in [-0.3, -0.25) is 4.79 Å². The second kappa shape index (κ2) is 6.14. The molecule has 0 N–H and O–H groups in total. The monoisotopic (exact) mass is 287 g/mol. The first-order valence-electron chi connectivity index (χ1n) is 6.09. The van der Waals surface area contributed by atoms with Crippen LogP contribution in [-0.2, 0) is 0 Å². The summed E-state index contributed by atoms with van der Waals surface area (Å²) in [5, 5.41) is 9.15. The first kappa shape index (κ1) is 14.7. The molecule has 0 spiro atoms. The van der Waals surface area contributed by atoms with Crippen molar-refractivity contribution in [2.75, 3.05) is 7.11 Å². The molecule has 0 aliphatic rings. The Labute approximate surface area is 120 Å². The van der Waals surface area contributed by atoms with E-state index in [1.165, 1.54) is 37.4 Å². The Morgan fingerprint density at radius 2 is 2.00 bits per heavy atom. The summed E-state index contributed by atoms with van der Waals surface area (Å²) in [7, 11) is 1.38. The minimum absolute atomic E-state index is 0.192. The molecule has 0 radical (unpaired) electrons. The molecule has 2 aromatic carbocycles. The van der Waals surface area contributed by atoms with Crippen LogP contribution in [0.2, 0.25) is 0 Å². The number of nitriles is 1. The van der Waals surface area contributed by atoms with E-state index < -0.39 is 23.3 Å². The number of carbonyl (C=O) groups excluding carboxylic acids is 1. The first-order valence-corrected chi connectivity index (χ1v) is 6.09. The molecule has 0 amide bonds. The van der Waals surface area contributed by atoms with Crippen LogP contribution in [-0.4, -0.2) is 12.9 Å². The van der Waals surface area contributed by atoms with Gasteiger partial charge in [-0.25, -0.2) is 8.78 Å². The van der Waals surface area contributed by atoms with E-state index in [1.54, 1.807) is 6.07 Å². The van der Waals surface area contributed by atoms with Gasteiger partial charge in [-0.1, -0.05) is 12.1 Å². The zero-order valence-electron chi connectivity index (χ0n) is 11.1. The predicted molar refractivity (Wildman–Crippen MR) is 72.0 cm³/mol. The third kappa shape index (κ3) is 3.06. The van der Waals surface area contributed by atoms with Crippen LogP contribution in [0.3, 0.4) is 0 Å². The number of hydrogen-bond acceptors (Lipinski definition) is 3. The maximum Gasteiger partial charge on any atom is 0.187 e. The Kier molecular flexibility index (Phi) is 4.29. The van der Waals surface area contributed by atoms with Gasteiger partial charge in [0.05, 0.1) is 18.7 Å². The van der Waals surface area contributed by atoms with E-state index >= 15 is 0 Å². The maximum atomic E-state index is 13.9. The Hall–Kier alpha value is -2.74. The van der Waals surface area contributed by atoms with Crippen LogP contribution in [0.1, 0.15) is 21.8 Å². The summed E-state index contributed by atoms with van der Waals surface area (Å²) in [4.78, 5) is 12.3. The zero-order chi connectivity index (χ0) is 15.4. The average Bonchev–Trinajstić information content (AvgIpc) is 2.47. The van der Waals surface area contributed by atoms with Gasteiger partial charge in [0.1, 0.15) is 23.3 Å². The lowest BCUT2D eigenvalue weighted by molar-refractivity contribution is 0.0975. The Morgan fingerprint density at radius 1 is 1.24 bits per heavy atom. The van der Waals surface area contributed by atoms with Crippen molar-refractivity contribution in [2.24, 2.45) is 0 Å². The van der Waals surface area contributed by atoms with Gasteiger partial charge in [0.15, 0.2) is 5.78 Å². The highest BCUT2D eigenvalue weighted by Crippen LogP contribution is 2.24. The Balaban J connectivity index is 2.40. The van der Waals surface area contributed by atoms with Crippen LogP contribution in [0.5, 0.6) is 5.75 Å². The van der Waals surface area contributed by atoms with E-state index in [-0.39, 0.29) is 16.9 Å². The van der Waals surface area contributed by atoms with Crippen molar-refractivity contribution in [3.63, 3.8) is 0 Å². The predicted octanol–water partition coefficient (Wildman–Crippen LogP) is 3.46. The van der Waals surface area contributed by atoms with Gasteiger partial charge in [-0.2, -0.15) is 5.26 Å². The summed E-state index contributed by atoms with van der Waals surface area (Å²) in [6.45, 7) is 0. The van der Waals surface area contributed by atoms with Gasteiger partial charge in [-0.05, 0) is 29.8 Å². The molecule has 0 fully saturated rings. The number of Topliss-reactive ketones (excluding diaryl/α,β-unsaturated/α-hetero) is 1. The summed E-state index contributed by atoms with van der Waals surface area (Å²) in [6, 6.07) is 10.7. The van der Waals surface area contributed by atoms with Crippen molar-refractivity contribution < 1.29 is 18.3 Å². The lowest BCUT2D eigenvalue weighted by Gasteiger charge is -2.10. The molecule has 3 nitrogen and oxygen atoms in total. The van der Waals surface area contributed by atoms with E-state index in [4.69, 9.17) is 10.00 Å². The summed E-state index contributed by atoms with van der Waals surface area (Å²) in [5.41, 5.74) is -0.0377. The van der Waals surface area contributed by atoms with E-state index in [1.807, 2.05) is 0 Å². The topological polar surface area (TPSA) is 50.1 Å². The molecule has 0 saturated carbocycles. The molecular formula is C16H11F2NO2. The number of ether oxygens (including phenoxy) is 1. The molecule has 2 rings (SSSR count). The quantitative estimate of drug-likeness (QED) is 0.809. The number of methoxy groups -OCH3 is 1. The van der Waals surface area contributed by atoms with Crippen molar-refractivity contribution >= 4 is 5.78 Å². The standard InChI is InChI=1S/C16H11F2NO2/c1-21-12-5-6-13(15(18)8-12)16(20)14(9-19)10-3-2-4-11(17)7-10/h2-8,14H,1H3. The SMILES string of the molecule is COc1ccc(C(=O)C(C#N)c2cccc(F)c2)c(F)c1. The number of hydrogen-bond donors (Lipinski definition) is 0. The number of rotatable bonds is 4. The number of benzene rings is 2. The second-order valence-corrected chi connectivity index (χ2v) is 4.33. The van der Waals surface area contributed by atoms with Crippen LogP contribution in [0, 0.1) is 23.0 Å². The number of nitrogens with zero attached hydrogens (tertiary/aromatic N) is 1. The molecule has 0 bridgehead atoms. The van der Waals surface area contributed by atoms with Crippen molar-refractivity contribution in [1.29, 1.82) is 5.26 Å². The average molecular weight is 287 g/mol. The molecule has 1 unspecified atom stereocenters. The molecule has 0 aliphatic heterocycles. The van der Waals surface area contributed by atoms with E-state index in [2.05, 4.69) is 0 Å². The Bertz CT molecular complexity index is 722. The van der Waals surface area contributed by atoms with Gasteiger partial charge < -0.3 is 4.74 Å². The fourth-order valence-electron chi connectivity index (χ4n) is 1.95. The van der Waals surface area contributed by atoms with Gasteiger partial charge in [0.25, 0.3) is 0 Å². The molecule has 21 heavy (non-hydrogen) atoms. The highest BCUT2D eigenvalue weighted by Gasteiger charge is 2.24. The number of ketones is 1. The Morgan fingerprint density at radius 3 is 2.57 bits per heavy atom. The molecule has 1 atom stereocenters. The van der Waals surface area contributed by atoms with Crippen LogP contribution >= 0.6 is 0 Å². The fourth-order valence-corrected chi connectivity index (χ4v) is 1.95. The van der Waals surface area contributed by atoms with Crippen molar-refractivity contribution in [3.8, 4) is 11.8 Å². The highest BCUT2D eigenvalue weighted by molar-refractivity contribution is 6.03. The summed E-state index contributed by atoms with van der Waals surface area (Å²) in [6.07, 6.45) is 0. The maximum absolute atomic E-state index is 13.9. The second-order valence-electron chi connectivity index (χ2n) is 4.33. The molecular weight excluding hydrogens is 276 g/mol. The summed E-state index contributed by atoms with van der Waals surface area (Å²) >= 11 is 0. The first-order chi connectivity index (χ1) is 10.1.